The normalized spacial score (nSPS) is 18.5. The highest BCUT2D eigenvalue weighted by molar-refractivity contribution is 6.31. The van der Waals surface area contributed by atoms with Crippen LogP contribution in [0, 0.1) is 0 Å². The molecule has 5 heteroatoms. The van der Waals surface area contributed by atoms with Crippen molar-refractivity contribution in [2.45, 2.75) is 57.3 Å². The maximum Gasteiger partial charge on any atom is 0.407 e. The summed E-state index contributed by atoms with van der Waals surface area (Å²) in [7, 11) is 1.59. The van der Waals surface area contributed by atoms with Gasteiger partial charge in [0, 0.05) is 23.7 Å². The van der Waals surface area contributed by atoms with E-state index in [-0.39, 0.29) is 18.2 Å². The molecule has 1 fully saturated rings. The van der Waals surface area contributed by atoms with E-state index in [0.29, 0.717) is 5.02 Å². The van der Waals surface area contributed by atoms with Gasteiger partial charge in [0.2, 0.25) is 0 Å². The predicted molar refractivity (Wildman–Crippen MR) is 87.2 cm³/mol. The standard InChI is InChI=1S/C17H24ClNO3/c1-12(16(21-2)14-10-6-7-11-15(14)18)22-17(20)19-13-8-4-3-5-9-13/h6-7,10-13,16H,3-5,8-9H2,1-2H3,(H,19,20)/t12-,16+/m0/s1. The van der Waals surface area contributed by atoms with Crippen LogP contribution in [-0.4, -0.2) is 25.3 Å². The molecule has 122 valence electrons. The molecule has 0 radical (unpaired) electrons. The van der Waals surface area contributed by atoms with Crippen molar-refractivity contribution >= 4 is 17.7 Å². The highest BCUT2D eigenvalue weighted by atomic mass is 35.5. The molecule has 0 spiro atoms. The summed E-state index contributed by atoms with van der Waals surface area (Å²) in [6.07, 6.45) is 4.46. The predicted octanol–water partition coefficient (Wildman–Crippen LogP) is 4.47. The van der Waals surface area contributed by atoms with Crippen molar-refractivity contribution in [3.63, 3.8) is 0 Å². The molecule has 2 rings (SSSR count). The topological polar surface area (TPSA) is 47.6 Å². The molecule has 1 amide bonds. The van der Waals surface area contributed by atoms with E-state index in [1.54, 1.807) is 13.2 Å². The molecule has 0 heterocycles. The van der Waals surface area contributed by atoms with Gasteiger partial charge < -0.3 is 14.8 Å². The number of hydrogen-bond donors (Lipinski definition) is 1. The third-order valence-electron chi connectivity index (χ3n) is 4.11. The fourth-order valence-electron chi connectivity index (χ4n) is 2.96. The molecule has 1 saturated carbocycles. The molecular formula is C17H24ClNO3. The van der Waals surface area contributed by atoms with Crippen LogP contribution in [0.15, 0.2) is 24.3 Å². The summed E-state index contributed by atoms with van der Waals surface area (Å²) in [6.45, 7) is 1.82. The van der Waals surface area contributed by atoms with Gasteiger partial charge in [0.05, 0.1) is 0 Å². The first-order valence-corrected chi connectivity index (χ1v) is 8.24. The van der Waals surface area contributed by atoms with E-state index in [2.05, 4.69) is 5.32 Å². The largest absolute Gasteiger partial charge is 0.443 e. The molecule has 0 unspecified atom stereocenters. The Kier molecular flexibility index (Phi) is 6.52. The molecule has 2 atom stereocenters. The lowest BCUT2D eigenvalue weighted by Crippen LogP contribution is -2.39. The molecule has 0 aromatic heterocycles. The van der Waals surface area contributed by atoms with Crippen molar-refractivity contribution in [1.82, 2.24) is 5.32 Å². The van der Waals surface area contributed by atoms with Gasteiger partial charge in [-0.1, -0.05) is 49.1 Å². The second kappa shape index (κ2) is 8.39. The number of amides is 1. The Hall–Kier alpha value is -1.26. The number of methoxy groups -OCH3 is 1. The van der Waals surface area contributed by atoms with Crippen molar-refractivity contribution < 1.29 is 14.3 Å². The van der Waals surface area contributed by atoms with E-state index in [4.69, 9.17) is 21.1 Å². The maximum atomic E-state index is 12.0. The minimum Gasteiger partial charge on any atom is -0.443 e. The molecule has 1 N–H and O–H groups in total. The van der Waals surface area contributed by atoms with Crippen LogP contribution >= 0.6 is 11.6 Å². The summed E-state index contributed by atoms with van der Waals surface area (Å²) < 4.78 is 11.0. The van der Waals surface area contributed by atoms with Gasteiger partial charge in [0.1, 0.15) is 12.2 Å². The molecule has 1 aliphatic carbocycles. The molecule has 4 nitrogen and oxygen atoms in total. The molecule has 0 saturated heterocycles. The summed E-state index contributed by atoms with van der Waals surface area (Å²) in [5.41, 5.74) is 0.824. The zero-order valence-electron chi connectivity index (χ0n) is 13.2. The minimum absolute atomic E-state index is 0.231. The van der Waals surface area contributed by atoms with Crippen molar-refractivity contribution in [2.24, 2.45) is 0 Å². The average molecular weight is 326 g/mol. The highest BCUT2D eigenvalue weighted by Gasteiger charge is 2.25. The Morgan fingerprint density at radius 1 is 1.27 bits per heavy atom. The lowest BCUT2D eigenvalue weighted by atomic mass is 9.96. The molecular weight excluding hydrogens is 302 g/mol. The zero-order valence-corrected chi connectivity index (χ0v) is 13.9. The van der Waals surface area contributed by atoms with Gasteiger partial charge in [-0.2, -0.15) is 0 Å². The molecule has 0 aliphatic heterocycles. The first-order valence-electron chi connectivity index (χ1n) is 7.86. The first kappa shape index (κ1) is 17.1. The highest BCUT2D eigenvalue weighted by Crippen LogP contribution is 2.29. The number of nitrogens with one attached hydrogen (secondary N) is 1. The summed E-state index contributed by atoms with van der Waals surface area (Å²) >= 11 is 6.20. The quantitative estimate of drug-likeness (QED) is 0.868. The Morgan fingerprint density at radius 3 is 2.59 bits per heavy atom. The van der Waals surface area contributed by atoms with Gasteiger partial charge in [-0.05, 0) is 25.8 Å². The van der Waals surface area contributed by atoms with E-state index in [1.165, 1.54) is 19.3 Å². The van der Waals surface area contributed by atoms with E-state index in [1.807, 2.05) is 25.1 Å². The van der Waals surface area contributed by atoms with Crippen LogP contribution < -0.4 is 5.32 Å². The summed E-state index contributed by atoms with van der Waals surface area (Å²) in [6, 6.07) is 7.67. The van der Waals surface area contributed by atoms with Gasteiger partial charge >= 0.3 is 6.09 Å². The van der Waals surface area contributed by atoms with Gasteiger partial charge in [0.25, 0.3) is 0 Å². The second-order valence-corrected chi connectivity index (χ2v) is 6.17. The number of carbonyl (C=O) groups is 1. The SMILES string of the molecule is CO[C@@H](c1ccccc1Cl)[C@H](C)OC(=O)NC1CCCCC1. The minimum atomic E-state index is -0.423. The number of rotatable bonds is 5. The Balaban J connectivity index is 1.92. The third kappa shape index (κ3) is 4.62. The van der Waals surface area contributed by atoms with Crippen molar-refractivity contribution in [3.05, 3.63) is 34.9 Å². The number of halogens is 1. The van der Waals surface area contributed by atoms with Gasteiger partial charge in [0.15, 0.2) is 0 Å². The average Bonchev–Trinajstić information content (AvgIpc) is 2.50. The van der Waals surface area contributed by atoms with Crippen LogP contribution in [0.1, 0.15) is 50.7 Å². The van der Waals surface area contributed by atoms with Gasteiger partial charge in [-0.3, -0.25) is 0 Å². The van der Waals surface area contributed by atoms with Crippen LogP contribution in [-0.2, 0) is 9.47 Å². The van der Waals surface area contributed by atoms with Gasteiger partial charge in [-0.15, -0.1) is 0 Å². The molecule has 1 aliphatic rings. The van der Waals surface area contributed by atoms with E-state index in [9.17, 15) is 4.79 Å². The number of ether oxygens (including phenoxy) is 2. The Bertz CT molecular complexity index is 489. The summed E-state index contributed by atoms with van der Waals surface area (Å²) in [5.74, 6) is 0. The van der Waals surface area contributed by atoms with E-state index in [0.717, 1.165) is 18.4 Å². The van der Waals surface area contributed by atoms with E-state index < -0.39 is 6.10 Å². The summed E-state index contributed by atoms with van der Waals surface area (Å²) in [4.78, 5) is 12.0. The van der Waals surface area contributed by atoms with E-state index >= 15 is 0 Å². The lowest BCUT2D eigenvalue weighted by Gasteiger charge is -2.26. The van der Waals surface area contributed by atoms with Crippen LogP contribution in [0.25, 0.3) is 0 Å². The van der Waals surface area contributed by atoms with Crippen LogP contribution in [0.3, 0.4) is 0 Å². The Labute approximate surface area is 137 Å². The van der Waals surface area contributed by atoms with Crippen LogP contribution in [0.5, 0.6) is 0 Å². The van der Waals surface area contributed by atoms with Crippen molar-refractivity contribution in [1.29, 1.82) is 0 Å². The molecule has 1 aromatic rings. The van der Waals surface area contributed by atoms with Crippen molar-refractivity contribution in [3.8, 4) is 0 Å². The third-order valence-corrected chi connectivity index (χ3v) is 4.46. The first-order chi connectivity index (χ1) is 10.6. The second-order valence-electron chi connectivity index (χ2n) is 5.77. The number of hydrogen-bond acceptors (Lipinski definition) is 3. The van der Waals surface area contributed by atoms with Crippen LogP contribution in [0.2, 0.25) is 5.02 Å². The van der Waals surface area contributed by atoms with Crippen molar-refractivity contribution in [2.75, 3.05) is 7.11 Å². The fraction of sp³-hybridized carbons (Fsp3) is 0.588. The van der Waals surface area contributed by atoms with Gasteiger partial charge in [-0.25, -0.2) is 4.79 Å². The molecule has 1 aromatic carbocycles. The molecule has 0 bridgehead atoms. The van der Waals surface area contributed by atoms with Crippen LogP contribution in [0.4, 0.5) is 4.79 Å². The number of alkyl carbamates (subject to hydrolysis) is 1. The number of benzene rings is 1. The fourth-order valence-corrected chi connectivity index (χ4v) is 3.20. The Morgan fingerprint density at radius 2 is 1.95 bits per heavy atom. The molecule has 22 heavy (non-hydrogen) atoms. The number of carbonyl (C=O) groups excluding carboxylic acids is 1. The monoisotopic (exact) mass is 325 g/mol. The smallest absolute Gasteiger partial charge is 0.407 e. The lowest BCUT2D eigenvalue weighted by molar-refractivity contribution is -0.0158. The zero-order chi connectivity index (χ0) is 15.9. The maximum absolute atomic E-state index is 12.0. The summed E-state index contributed by atoms with van der Waals surface area (Å²) in [5, 5.41) is 3.55.